The summed E-state index contributed by atoms with van der Waals surface area (Å²) in [5.74, 6) is 1.71. The zero-order chi connectivity index (χ0) is 49.1. The highest BCUT2D eigenvalue weighted by molar-refractivity contribution is 5.71. The second-order valence-electron chi connectivity index (χ2n) is 22.2. The fourth-order valence-electron chi connectivity index (χ4n) is 9.32. The van der Waals surface area contributed by atoms with Gasteiger partial charge in [-0.3, -0.25) is 14.4 Å². The third kappa shape index (κ3) is 53.6. The van der Waals surface area contributed by atoms with E-state index in [1.807, 2.05) is 0 Å². The van der Waals surface area contributed by atoms with Crippen LogP contribution < -0.4 is 0 Å². The van der Waals surface area contributed by atoms with E-state index in [1.54, 1.807) is 0 Å². The number of carbonyl (C=O) groups excluding carboxylic acids is 3. The number of ether oxygens (including phenoxy) is 3. The molecule has 0 aromatic rings. The van der Waals surface area contributed by atoms with E-state index < -0.39 is 6.10 Å². The van der Waals surface area contributed by atoms with Crippen LogP contribution in [0.25, 0.3) is 0 Å². The van der Waals surface area contributed by atoms with Crippen LogP contribution in [0.1, 0.15) is 337 Å². The minimum Gasteiger partial charge on any atom is -0.462 e. The maximum absolute atomic E-state index is 12.9. The molecule has 6 nitrogen and oxygen atoms in total. The standard InChI is InChI=1S/C61H118O6/c1-7-57(6)49-43-37-31-25-18-14-12-10-8-9-11-13-15-19-28-34-40-46-52-61(64)67-58(54-66-60(63)51-45-39-33-27-22-21-24-30-36-42-48-56(4)5)53-65-59(62)50-44-38-32-26-20-16-17-23-29-35-41-47-55(2)3/h55-58H,7-54H2,1-6H3/t57?,58-/m1/s1. The highest BCUT2D eigenvalue weighted by Crippen LogP contribution is 2.19. The zero-order valence-corrected chi connectivity index (χ0v) is 46.2. The first-order valence-corrected chi connectivity index (χ1v) is 30.1. The molecule has 0 aromatic heterocycles. The number of hydrogen-bond acceptors (Lipinski definition) is 6. The summed E-state index contributed by atoms with van der Waals surface area (Å²) in [7, 11) is 0. The van der Waals surface area contributed by atoms with Crippen molar-refractivity contribution in [1.29, 1.82) is 0 Å². The largest absolute Gasteiger partial charge is 0.462 e. The molecule has 0 radical (unpaired) electrons. The molecule has 0 N–H and O–H groups in total. The number of carbonyl (C=O) groups is 3. The molecule has 0 amide bonds. The van der Waals surface area contributed by atoms with Gasteiger partial charge in [-0.1, -0.05) is 298 Å². The lowest BCUT2D eigenvalue weighted by Crippen LogP contribution is -2.30. The van der Waals surface area contributed by atoms with E-state index in [0.29, 0.717) is 19.3 Å². The maximum atomic E-state index is 12.9. The summed E-state index contributed by atoms with van der Waals surface area (Å²) in [5, 5.41) is 0. The molecular formula is C61H118O6. The molecular weight excluding hydrogens is 829 g/mol. The van der Waals surface area contributed by atoms with Gasteiger partial charge in [0.2, 0.25) is 0 Å². The Bertz CT molecular complexity index is 1040. The van der Waals surface area contributed by atoms with E-state index in [-0.39, 0.29) is 31.1 Å². The zero-order valence-electron chi connectivity index (χ0n) is 46.2. The topological polar surface area (TPSA) is 78.9 Å². The van der Waals surface area contributed by atoms with Crippen LogP contribution in [0.15, 0.2) is 0 Å². The molecule has 67 heavy (non-hydrogen) atoms. The molecule has 0 aliphatic heterocycles. The Hall–Kier alpha value is -1.59. The van der Waals surface area contributed by atoms with Gasteiger partial charge in [-0.05, 0) is 37.0 Å². The number of unbranched alkanes of at least 4 members (excludes halogenated alkanes) is 36. The molecule has 0 aromatic carbocycles. The van der Waals surface area contributed by atoms with Gasteiger partial charge < -0.3 is 14.2 Å². The lowest BCUT2D eigenvalue weighted by Gasteiger charge is -2.18. The van der Waals surface area contributed by atoms with Gasteiger partial charge in [0.25, 0.3) is 0 Å². The molecule has 0 heterocycles. The minimum absolute atomic E-state index is 0.0636. The van der Waals surface area contributed by atoms with Crippen LogP contribution in [-0.2, 0) is 28.6 Å². The van der Waals surface area contributed by atoms with Crippen LogP contribution in [0.2, 0.25) is 0 Å². The van der Waals surface area contributed by atoms with Gasteiger partial charge in [-0.25, -0.2) is 0 Å². The van der Waals surface area contributed by atoms with Gasteiger partial charge in [-0.15, -0.1) is 0 Å². The first-order chi connectivity index (χ1) is 32.6. The van der Waals surface area contributed by atoms with Crippen molar-refractivity contribution in [2.24, 2.45) is 17.8 Å². The van der Waals surface area contributed by atoms with Crippen LogP contribution in [0.5, 0.6) is 0 Å². The normalized spacial score (nSPS) is 12.5. The third-order valence-electron chi connectivity index (χ3n) is 14.3. The Labute approximate surface area is 418 Å². The van der Waals surface area contributed by atoms with Crippen LogP contribution >= 0.6 is 0 Å². The Morgan fingerprint density at radius 1 is 0.299 bits per heavy atom. The fourth-order valence-corrected chi connectivity index (χ4v) is 9.32. The number of rotatable bonds is 54. The van der Waals surface area contributed by atoms with Crippen molar-refractivity contribution in [2.45, 2.75) is 343 Å². The molecule has 0 aliphatic rings. The average molecular weight is 948 g/mol. The Morgan fingerprint density at radius 2 is 0.522 bits per heavy atom. The van der Waals surface area contributed by atoms with Crippen LogP contribution in [-0.4, -0.2) is 37.2 Å². The molecule has 398 valence electrons. The molecule has 0 saturated carbocycles. The minimum atomic E-state index is -0.764. The van der Waals surface area contributed by atoms with Crippen LogP contribution in [0, 0.1) is 17.8 Å². The quantitative estimate of drug-likeness (QED) is 0.0343. The van der Waals surface area contributed by atoms with E-state index in [2.05, 4.69) is 41.5 Å². The molecule has 1 unspecified atom stereocenters. The molecule has 2 atom stereocenters. The summed E-state index contributed by atoms with van der Waals surface area (Å²) in [5.41, 5.74) is 0. The Balaban J connectivity index is 4.25. The van der Waals surface area contributed by atoms with Crippen LogP contribution in [0.4, 0.5) is 0 Å². The molecule has 0 aliphatic carbocycles. The average Bonchev–Trinajstić information content (AvgIpc) is 3.30. The van der Waals surface area contributed by atoms with E-state index in [9.17, 15) is 14.4 Å². The first-order valence-electron chi connectivity index (χ1n) is 30.1. The SMILES string of the molecule is CCC(C)CCCCCCCCCCCCCCCCCCCCC(=O)O[C@H](COC(=O)CCCCCCCCCCCCCC(C)C)COC(=O)CCCCCCCCCCCCC(C)C. The maximum Gasteiger partial charge on any atom is 0.306 e. The van der Waals surface area contributed by atoms with Gasteiger partial charge in [0.1, 0.15) is 13.2 Å². The van der Waals surface area contributed by atoms with E-state index in [1.165, 1.54) is 218 Å². The molecule has 6 heteroatoms. The highest BCUT2D eigenvalue weighted by Gasteiger charge is 2.19. The van der Waals surface area contributed by atoms with Gasteiger partial charge in [0, 0.05) is 19.3 Å². The summed E-state index contributed by atoms with van der Waals surface area (Å²) in [6.45, 7) is 13.8. The fraction of sp³-hybridized carbons (Fsp3) is 0.951. The van der Waals surface area contributed by atoms with Crippen molar-refractivity contribution >= 4 is 17.9 Å². The molecule has 0 bridgehead atoms. The summed E-state index contributed by atoms with van der Waals surface area (Å²) >= 11 is 0. The van der Waals surface area contributed by atoms with Crippen molar-refractivity contribution in [2.75, 3.05) is 13.2 Å². The molecule has 0 fully saturated rings. The van der Waals surface area contributed by atoms with Crippen molar-refractivity contribution in [3.63, 3.8) is 0 Å². The van der Waals surface area contributed by atoms with Gasteiger partial charge in [-0.2, -0.15) is 0 Å². The number of hydrogen-bond donors (Lipinski definition) is 0. The highest BCUT2D eigenvalue weighted by atomic mass is 16.6. The first kappa shape index (κ1) is 65.4. The van der Waals surface area contributed by atoms with E-state index >= 15 is 0 Å². The smallest absolute Gasteiger partial charge is 0.306 e. The van der Waals surface area contributed by atoms with Crippen molar-refractivity contribution in [1.82, 2.24) is 0 Å². The monoisotopic (exact) mass is 947 g/mol. The van der Waals surface area contributed by atoms with Crippen LogP contribution in [0.3, 0.4) is 0 Å². The van der Waals surface area contributed by atoms with E-state index in [4.69, 9.17) is 14.2 Å². The van der Waals surface area contributed by atoms with E-state index in [0.717, 1.165) is 75.5 Å². The number of esters is 3. The summed E-state index contributed by atoms with van der Waals surface area (Å²) in [6, 6.07) is 0. The second-order valence-corrected chi connectivity index (χ2v) is 22.2. The molecule has 0 spiro atoms. The third-order valence-corrected chi connectivity index (χ3v) is 14.3. The lowest BCUT2D eigenvalue weighted by atomic mass is 9.99. The Kier molecular flexibility index (Phi) is 51.0. The predicted octanol–water partition coefficient (Wildman–Crippen LogP) is 19.9. The van der Waals surface area contributed by atoms with Crippen molar-refractivity contribution < 1.29 is 28.6 Å². The van der Waals surface area contributed by atoms with Gasteiger partial charge in [0.05, 0.1) is 0 Å². The summed E-state index contributed by atoms with van der Waals surface area (Å²) in [4.78, 5) is 38.2. The van der Waals surface area contributed by atoms with Gasteiger partial charge >= 0.3 is 17.9 Å². The summed E-state index contributed by atoms with van der Waals surface area (Å²) in [6.07, 6.45) is 55.2. The lowest BCUT2D eigenvalue weighted by molar-refractivity contribution is -0.167. The second kappa shape index (κ2) is 52.2. The van der Waals surface area contributed by atoms with Crippen molar-refractivity contribution in [3.05, 3.63) is 0 Å². The predicted molar refractivity (Wildman–Crippen MR) is 289 cm³/mol. The molecule has 0 rings (SSSR count). The van der Waals surface area contributed by atoms with Gasteiger partial charge in [0.15, 0.2) is 6.10 Å². The summed E-state index contributed by atoms with van der Waals surface area (Å²) < 4.78 is 16.9. The molecule has 0 saturated heterocycles. The van der Waals surface area contributed by atoms with Crippen molar-refractivity contribution in [3.8, 4) is 0 Å². The Morgan fingerprint density at radius 3 is 0.776 bits per heavy atom.